The van der Waals surface area contributed by atoms with E-state index in [1.807, 2.05) is 11.0 Å². The summed E-state index contributed by atoms with van der Waals surface area (Å²) in [5, 5.41) is 0. The Kier molecular flexibility index (Phi) is 4.31. The number of carbonyl (C=O) groups excluding carboxylic acids is 1. The molecule has 1 aliphatic heterocycles. The molecular weight excluding hydrogens is 246 g/mol. The lowest BCUT2D eigenvalue weighted by Gasteiger charge is -2.32. The number of methoxy groups -OCH3 is 1. The van der Waals surface area contributed by atoms with Crippen LogP contribution in [0.15, 0.2) is 12.4 Å². The van der Waals surface area contributed by atoms with E-state index in [0.717, 1.165) is 11.5 Å². The highest BCUT2D eigenvalue weighted by atomic mass is 16.6. The molecule has 0 aromatic carbocycles. The lowest BCUT2D eigenvalue weighted by molar-refractivity contribution is -0.154. The Morgan fingerprint density at radius 2 is 2.32 bits per heavy atom. The van der Waals surface area contributed by atoms with Crippen LogP contribution >= 0.6 is 0 Å². The van der Waals surface area contributed by atoms with E-state index in [1.165, 1.54) is 7.11 Å². The molecule has 2 heterocycles. The molecule has 0 amide bonds. The van der Waals surface area contributed by atoms with Crippen LogP contribution in [0.5, 0.6) is 0 Å². The second-order valence-electron chi connectivity index (χ2n) is 4.78. The summed E-state index contributed by atoms with van der Waals surface area (Å²) in [7, 11) is 1.37. The minimum absolute atomic E-state index is 0.345. The van der Waals surface area contributed by atoms with Crippen molar-refractivity contribution in [1.82, 2.24) is 9.97 Å². The maximum atomic E-state index is 11.5. The van der Waals surface area contributed by atoms with Gasteiger partial charge in [0.25, 0.3) is 0 Å². The van der Waals surface area contributed by atoms with Gasteiger partial charge in [0.15, 0.2) is 6.10 Å². The van der Waals surface area contributed by atoms with Gasteiger partial charge in [-0.05, 0) is 5.92 Å². The van der Waals surface area contributed by atoms with E-state index >= 15 is 0 Å². The summed E-state index contributed by atoms with van der Waals surface area (Å²) in [6, 6.07) is 1.96. The van der Waals surface area contributed by atoms with Crippen molar-refractivity contribution in [2.24, 2.45) is 0 Å². The van der Waals surface area contributed by atoms with Crippen LogP contribution in [0, 0.1) is 0 Å². The van der Waals surface area contributed by atoms with Gasteiger partial charge in [-0.25, -0.2) is 14.8 Å². The third-order valence-corrected chi connectivity index (χ3v) is 3.12. The fourth-order valence-corrected chi connectivity index (χ4v) is 1.98. The standard InChI is InChI=1S/C13H19N3O3/c1-9(2)10-6-12(15-8-14-10)16-4-5-19-11(7-16)13(17)18-3/h6,8-9,11H,4-5,7H2,1-3H3. The van der Waals surface area contributed by atoms with Crippen molar-refractivity contribution in [2.45, 2.75) is 25.9 Å². The number of morpholine rings is 1. The SMILES string of the molecule is COC(=O)C1CN(c2cc(C(C)C)ncn2)CCO1. The third kappa shape index (κ3) is 3.20. The zero-order chi connectivity index (χ0) is 13.8. The number of aromatic nitrogens is 2. The van der Waals surface area contributed by atoms with E-state index in [9.17, 15) is 4.79 Å². The van der Waals surface area contributed by atoms with E-state index in [0.29, 0.717) is 25.6 Å². The summed E-state index contributed by atoms with van der Waals surface area (Å²) in [6.45, 7) is 5.83. The molecule has 1 aromatic rings. The number of esters is 1. The van der Waals surface area contributed by atoms with Gasteiger partial charge in [0.05, 0.1) is 20.3 Å². The van der Waals surface area contributed by atoms with Gasteiger partial charge in [-0.2, -0.15) is 0 Å². The molecule has 1 unspecified atom stereocenters. The zero-order valence-electron chi connectivity index (χ0n) is 11.5. The van der Waals surface area contributed by atoms with Gasteiger partial charge < -0.3 is 14.4 Å². The zero-order valence-corrected chi connectivity index (χ0v) is 11.5. The van der Waals surface area contributed by atoms with Crippen molar-refractivity contribution < 1.29 is 14.3 Å². The first-order valence-corrected chi connectivity index (χ1v) is 6.38. The third-order valence-electron chi connectivity index (χ3n) is 3.12. The molecule has 0 saturated carbocycles. The molecule has 6 nitrogen and oxygen atoms in total. The Hall–Kier alpha value is -1.69. The number of hydrogen-bond acceptors (Lipinski definition) is 6. The van der Waals surface area contributed by atoms with Gasteiger partial charge in [-0.3, -0.25) is 0 Å². The van der Waals surface area contributed by atoms with Gasteiger partial charge in [0.1, 0.15) is 12.1 Å². The first-order chi connectivity index (χ1) is 9.11. The first kappa shape index (κ1) is 13.7. The van der Waals surface area contributed by atoms with Gasteiger partial charge in [0, 0.05) is 18.3 Å². The number of anilines is 1. The number of carbonyl (C=O) groups is 1. The van der Waals surface area contributed by atoms with Crippen molar-refractivity contribution in [2.75, 3.05) is 31.7 Å². The van der Waals surface area contributed by atoms with Gasteiger partial charge in [-0.15, -0.1) is 0 Å². The van der Waals surface area contributed by atoms with Crippen molar-refractivity contribution in [3.63, 3.8) is 0 Å². The molecule has 0 spiro atoms. The number of hydrogen-bond donors (Lipinski definition) is 0. The number of rotatable bonds is 3. The van der Waals surface area contributed by atoms with Crippen LogP contribution in [-0.4, -0.2) is 48.8 Å². The predicted octanol–water partition coefficient (Wildman–Crippen LogP) is 0.978. The normalized spacial score (nSPS) is 19.6. The van der Waals surface area contributed by atoms with Crippen LogP contribution in [0.3, 0.4) is 0 Å². The van der Waals surface area contributed by atoms with Crippen LogP contribution in [0.2, 0.25) is 0 Å². The Bertz CT molecular complexity index is 451. The smallest absolute Gasteiger partial charge is 0.336 e. The molecule has 19 heavy (non-hydrogen) atoms. The highest BCUT2D eigenvalue weighted by molar-refractivity contribution is 5.75. The van der Waals surface area contributed by atoms with Gasteiger partial charge in [-0.1, -0.05) is 13.8 Å². The Morgan fingerprint density at radius 1 is 1.53 bits per heavy atom. The van der Waals surface area contributed by atoms with E-state index in [-0.39, 0.29) is 5.97 Å². The van der Waals surface area contributed by atoms with E-state index in [4.69, 9.17) is 9.47 Å². The van der Waals surface area contributed by atoms with Crippen LogP contribution in [0.1, 0.15) is 25.5 Å². The molecule has 1 atom stereocenters. The lowest BCUT2D eigenvalue weighted by Crippen LogP contribution is -2.47. The van der Waals surface area contributed by atoms with E-state index < -0.39 is 6.10 Å². The van der Waals surface area contributed by atoms with Crippen LogP contribution in [0.4, 0.5) is 5.82 Å². The molecule has 0 N–H and O–H groups in total. The average molecular weight is 265 g/mol. The number of ether oxygens (including phenoxy) is 2. The van der Waals surface area contributed by atoms with Crippen molar-refractivity contribution >= 4 is 11.8 Å². The average Bonchev–Trinajstić information content (AvgIpc) is 2.46. The largest absolute Gasteiger partial charge is 0.467 e. The summed E-state index contributed by atoms with van der Waals surface area (Å²) in [4.78, 5) is 22.1. The monoisotopic (exact) mass is 265 g/mol. The maximum Gasteiger partial charge on any atom is 0.336 e. The molecule has 1 aromatic heterocycles. The minimum atomic E-state index is -0.545. The summed E-state index contributed by atoms with van der Waals surface area (Å²) >= 11 is 0. The highest BCUT2D eigenvalue weighted by Gasteiger charge is 2.28. The van der Waals surface area contributed by atoms with Gasteiger partial charge >= 0.3 is 5.97 Å². The molecule has 2 rings (SSSR count). The molecule has 0 radical (unpaired) electrons. The molecule has 0 aliphatic carbocycles. The summed E-state index contributed by atoms with van der Waals surface area (Å²) in [5.41, 5.74) is 0.992. The quantitative estimate of drug-likeness (QED) is 0.759. The van der Waals surface area contributed by atoms with Crippen LogP contribution in [-0.2, 0) is 14.3 Å². The second-order valence-corrected chi connectivity index (χ2v) is 4.78. The van der Waals surface area contributed by atoms with Crippen molar-refractivity contribution in [3.05, 3.63) is 18.1 Å². The Morgan fingerprint density at radius 3 is 3.00 bits per heavy atom. The van der Waals surface area contributed by atoms with E-state index in [2.05, 4.69) is 23.8 Å². The van der Waals surface area contributed by atoms with Gasteiger partial charge in [0.2, 0.25) is 0 Å². The lowest BCUT2D eigenvalue weighted by atomic mass is 10.1. The van der Waals surface area contributed by atoms with Crippen LogP contribution < -0.4 is 4.90 Å². The Balaban J connectivity index is 2.13. The first-order valence-electron chi connectivity index (χ1n) is 6.38. The summed E-state index contributed by atoms with van der Waals surface area (Å²) in [6.07, 6.45) is 1.02. The van der Waals surface area contributed by atoms with E-state index in [1.54, 1.807) is 6.33 Å². The van der Waals surface area contributed by atoms with Crippen LogP contribution in [0.25, 0.3) is 0 Å². The Labute approximate surface area is 112 Å². The molecule has 1 saturated heterocycles. The minimum Gasteiger partial charge on any atom is -0.467 e. The molecule has 0 bridgehead atoms. The fraction of sp³-hybridized carbons (Fsp3) is 0.615. The highest BCUT2D eigenvalue weighted by Crippen LogP contribution is 2.19. The summed E-state index contributed by atoms with van der Waals surface area (Å²) < 4.78 is 10.1. The topological polar surface area (TPSA) is 64.5 Å². The predicted molar refractivity (Wildman–Crippen MR) is 70.1 cm³/mol. The fourth-order valence-electron chi connectivity index (χ4n) is 1.98. The number of nitrogens with zero attached hydrogens (tertiary/aromatic N) is 3. The molecular formula is C13H19N3O3. The molecule has 1 aliphatic rings. The molecule has 104 valence electrons. The molecule has 6 heteroatoms. The summed E-state index contributed by atoms with van der Waals surface area (Å²) in [5.74, 6) is 0.831. The van der Waals surface area contributed by atoms with Crippen molar-refractivity contribution in [3.8, 4) is 0 Å². The second kappa shape index (κ2) is 5.97. The van der Waals surface area contributed by atoms with Crippen molar-refractivity contribution in [1.29, 1.82) is 0 Å². The maximum absolute atomic E-state index is 11.5. The molecule has 1 fully saturated rings.